The van der Waals surface area contributed by atoms with Crippen molar-refractivity contribution in [2.75, 3.05) is 0 Å². The summed E-state index contributed by atoms with van der Waals surface area (Å²) >= 11 is 0. The van der Waals surface area contributed by atoms with Crippen LogP contribution in [0.1, 0.15) is 33.1 Å². The lowest BCUT2D eigenvalue weighted by molar-refractivity contribution is 0.690. The molecule has 0 amide bonds. The summed E-state index contributed by atoms with van der Waals surface area (Å²) in [5, 5.41) is 0. The van der Waals surface area contributed by atoms with Gasteiger partial charge in [-0.2, -0.15) is 0 Å². The smallest absolute Gasteiger partial charge is 0.00563 e. The Labute approximate surface area is 64.6 Å². The van der Waals surface area contributed by atoms with Gasteiger partial charge < -0.3 is 0 Å². The lowest BCUT2D eigenvalue weighted by Crippen LogP contribution is -1.88. The molecule has 0 saturated heterocycles. The van der Waals surface area contributed by atoms with Crippen LogP contribution in [0, 0.1) is 5.92 Å². The Balaban J connectivity index is 3.59. The molecule has 58 valence electrons. The maximum absolute atomic E-state index is 3.78. The van der Waals surface area contributed by atoms with E-state index in [0.717, 1.165) is 6.42 Å². The van der Waals surface area contributed by atoms with Gasteiger partial charge in [0.05, 0.1) is 0 Å². The van der Waals surface area contributed by atoms with E-state index >= 15 is 0 Å². The summed E-state index contributed by atoms with van der Waals surface area (Å²) in [6.07, 6.45) is 10.1. The van der Waals surface area contributed by atoms with E-state index in [-0.39, 0.29) is 0 Å². The zero-order valence-electron chi connectivity index (χ0n) is 7.14. The first-order valence-corrected chi connectivity index (χ1v) is 4.14. The van der Waals surface area contributed by atoms with Crippen LogP contribution in [0.3, 0.4) is 0 Å². The van der Waals surface area contributed by atoms with Gasteiger partial charge in [-0.15, -0.1) is 6.58 Å². The lowest BCUT2D eigenvalue weighted by atomic mass is 10.0. The van der Waals surface area contributed by atoms with E-state index in [0.29, 0.717) is 5.92 Å². The Hall–Kier alpha value is -0.520. The summed E-state index contributed by atoms with van der Waals surface area (Å²) in [7, 11) is 0. The molecule has 0 nitrogen and oxygen atoms in total. The highest BCUT2D eigenvalue weighted by Crippen LogP contribution is 2.08. The summed E-state index contributed by atoms with van der Waals surface area (Å²) in [5.74, 6) is 0.602. The first-order chi connectivity index (χ1) is 4.85. The molecule has 0 saturated carbocycles. The maximum atomic E-state index is 3.78. The van der Waals surface area contributed by atoms with Gasteiger partial charge in [0, 0.05) is 0 Å². The van der Waals surface area contributed by atoms with E-state index in [2.05, 4.69) is 32.6 Å². The van der Waals surface area contributed by atoms with Crippen LogP contribution in [0.25, 0.3) is 0 Å². The van der Waals surface area contributed by atoms with Crippen LogP contribution in [-0.2, 0) is 0 Å². The third kappa shape index (κ3) is 4.37. The molecule has 0 aromatic carbocycles. The predicted octanol–water partition coefficient (Wildman–Crippen LogP) is 3.55. The van der Waals surface area contributed by atoms with Gasteiger partial charge in [0.2, 0.25) is 0 Å². The van der Waals surface area contributed by atoms with Crippen molar-refractivity contribution in [1.29, 1.82) is 0 Å². The Morgan fingerprint density at radius 3 is 2.50 bits per heavy atom. The second-order valence-corrected chi connectivity index (χ2v) is 2.52. The summed E-state index contributed by atoms with van der Waals surface area (Å²) in [6, 6.07) is 0. The molecule has 10 heavy (non-hydrogen) atoms. The monoisotopic (exact) mass is 138 g/mol. The van der Waals surface area contributed by atoms with Gasteiger partial charge in [-0.05, 0) is 18.8 Å². The zero-order valence-corrected chi connectivity index (χ0v) is 7.14. The topological polar surface area (TPSA) is 0 Å². The van der Waals surface area contributed by atoms with Crippen molar-refractivity contribution in [2.45, 2.75) is 33.1 Å². The summed E-state index contributed by atoms with van der Waals surface area (Å²) < 4.78 is 0. The highest BCUT2D eigenvalue weighted by molar-refractivity contribution is 4.96. The third-order valence-electron chi connectivity index (χ3n) is 1.54. The molecule has 0 aliphatic rings. The summed E-state index contributed by atoms with van der Waals surface area (Å²) in [5.41, 5.74) is 0. The van der Waals surface area contributed by atoms with Gasteiger partial charge in [0.25, 0.3) is 0 Å². The molecule has 1 unspecified atom stereocenters. The fourth-order valence-electron chi connectivity index (χ4n) is 0.937. The van der Waals surface area contributed by atoms with Crippen molar-refractivity contribution >= 4 is 0 Å². The highest BCUT2D eigenvalue weighted by atomic mass is 14.0. The second kappa shape index (κ2) is 6.60. The molecule has 0 spiro atoms. The van der Waals surface area contributed by atoms with Crippen LogP contribution < -0.4 is 0 Å². The fraction of sp³-hybridized carbons (Fsp3) is 0.600. The summed E-state index contributed by atoms with van der Waals surface area (Å²) in [4.78, 5) is 0. The minimum Gasteiger partial charge on any atom is -0.102 e. The van der Waals surface area contributed by atoms with Crippen LogP contribution in [0.2, 0.25) is 0 Å². The minimum atomic E-state index is 0.602. The third-order valence-corrected chi connectivity index (χ3v) is 1.54. The highest BCUT2D eigenvalue weighted by Gasteiger charge is 1.94. The van der Waals surface area contributed by atoms with Gasteiger partial charge in [0.15, 0.2) is 0 Å². The molecule has 0 bridgehead atoms. The van der Waals surface area contributed by atoms with E-state index in [1.165, 1.54) is 12.8 Å². The molecule has 0 radical (unpaired) electrons. The molecule has 0 aliphatic carbocycles. The molecule has 0 heteroatoms. The SMILES string of the molecule is C=CC(C=CCC)CCC. The van der Waals surface area contributed by atoms with Crippen LogP contribution >= 0.6 is 0 Å². The van der Waals surface area contributed by atoms with Gasteiger partial charge in [-0.3, -0.25) is 0 Å². The van der Waals surface area contributed by atoms with Crippen LogP contribution in [-0.4, -0.2) is 0 Å². The number of hydrogen-bond acceptors (Lipinski definition) is 0. The molecule has 0 aliphatic heterocycles. The standard InChI is InChI=1S/C10H18/c1-4-7-9-10(6-3)8-5-2/h6-7,9-10H,3-5,8H2,1-2H3. The van der Waals surface area contributed by atoms with Crippen molar-refractivity contribution in [3.8, 4) is 0 Å². The van der Waals surface area contributed by atoms with Crippen LogP contribution in [0.5, 0.6) is 0 Å². The molecular weight excluding hydrogens is 120 g/mol. The van der Waals surface area contributed by atoms with Gasteiger partial charge in [0.1, 0.15) is 0 Å². The van der Waals surface area contributed by atoms with Crippen molar-refractivity contribution < 1.29 is 0 Å². The van der Waals surface area contributed by atoms with Crippen molar-refractivity contribution in [2.24, 2.45) is 5.92 Å². The molecule has 1 atom stereocenters. The second-order valence-electron chi connectivity index (χ2n) is 2.52. The number of hydrogen-bond donors (Lipinski definition) is 0. The Bertz CT molecular complexity index is 101. The van der Waals surface area contributed by atoms with Crippen molar-refractivity contribution in [3.63, 3.8) is 0 Å². The molecule has 0 heterocycles. The Kier molecular flexibility index (Phi) is 6.25. The van der Waals surface area contributed by atoms with Crippen molar-refractivity contribution in [3.05, 3.63) is 24.8 Å². The number of rotatable bonds is 5. The molecular formula is C10H18. The largest absolute Gasteiger partial charge is 0.102 e. The predicted molar refractivity (Wildman–Crippen MR) is 48.0 cm³/mol. The Morgan fingerprint density at radius 2 is 2.10 bits per heavy atom. The van der Waals surface area contributed by atoms with Gasteiger partial charge in [-0.25, -0.2) is 0 Å². The Morgan fingerprint density at radius 1 is 1.40 bits per heavy atom. The minimum absolute atomic E-state index is 0.602. The summed E-state index contributed by atoms with van der Waals surface area (Å²) in [6.45, 7) is 8.14. The first-order valence-electron chi connectivity index (χ1n) is 4.14. The van der Waals surface area contributed by atoms with Crippen molar-refractivity contribution in [1.82, 2.24) is 0 Å². The van der Waals surface area contributed by atoms with E-state index < -0.39 is 0 Å². The molecule has 0 aromatic heterocycles. The first kappa shape index (κ1) is 9.48. The zero-order chi connectivity index (χ0) is 7.82. The average Bonchev–Trinajstić information content (AvgIpc) is 1.98. The normalized spacial score (nSPS) is 13.8. The van der Waals surface area contributed by atoms with E-state index in [1.807, 2.05) is 6.08 Å². The molecule has 0 N–H and O–H groups in total. The lowest BCUT2D eigenvalue weighted by Gasteiger charge is -2.02. The molecule has 0 aromatic rings. The van der Waals surface area contributed by atoms with Crippen LogP contribution in [0.15, 0.2) is 24.8 Å². The fourth-order valence-corrected chi connectivity index (χ4v) is 0.937. The van der Waals surface area contributed by atoms with E-state index in [4.69, 9.17) is 0 Å². The maximum Gasteiger partial charge on any atom is -0.00563 e. The quantitative estimate of drug-likeness (QED) is 0.510. The van der Waals surface area contributed by atoms with Gasteiger partial charge in [-0.1, -0.05) is 38.5 Å². The average molecular weight is 138 g/mol. The van der Waals surface area contributed by atoms with Gasteiger partial charge >= 0.3 is 0 Å². The van der Waals surface area contributed by atoms with E-state index in [1.54, 1.807) is 0 Å². The van der Waals surface area contributed by atoms with Crippen LogP contribution in [0.4, 0.5) is 0 Å². The number of allylic oxidation sites excluding steroid dienone is 3. The molecule has 0 fully saturated rings. The van der Waals surface area contributed by atoms with E-state index in [9.17, 15) is 0 Å². The molecule has 0 rings (SSSR count).